The minimum Gasteiger partial charge on any atom is -0.481 e. The molecule has 1 unspecified atom stereocenters. The van der Waals surface area contributed by atoms with Gasteiger partial charge < -0.3 is 24.4 Å². The van der Waals surface area contributed by atoms with E-state index in [1.54, 1.807) is 0 Å². The maximum Gasteiger partial charge on any atom is 0.325 e. The lowest BCUT2D eigenvalue weighted by Gasteiger charge is -2.11. The first-order valence-corrected chi connectivity index (χ1v) is 13.3. The molecule has 33 heavy (non-hydrogen) atoms. The highest BCUT2D eigenvalue weighted by atomic mass is 32.2. The Morgan fingerprint density at radius 3 is 1.55 bits per heavy atom. The van der Waals surface area contributed by atoms with Crippen LogP contribution in [0.4, 0.5) is 0 Å². The van der Waals surface area contributed by atoms with Gasteiger partial charge in [-0.2, -0.15) is 8.42 Å². The fraction of sp³-hybridized carbons (Fsp3) is 0.909. The molecule has 0 aliphatic carbocycles. The third kappa shape index (κ3) is 19.9. The Labute approximate surface area is 198 Å². The molecule has 0 aromatic carbocycles. The first-order chi connectivity index (χ1) is 15.8. The molecular formula is C22H42O10S. The number of hydrogen-bond donors (Lipinski definition) is 2. The van der Waals surface area contributed by atoms with Crippen molar-refractivity contribution < 1.29 is 46.6 Å². The van der Waals surface area contributed by atoms with E-state index in [9.17, 15) is 18.0 Å². The van der Waals surface area contributed by atoms with Crippen molar-refractivity contribution in [1.29, 1.82) is 0 Å². The monoisotopic (exact) mass is 498 g/mol. The molecule has 0 saturated carbocycles. The van der Waals surface area contributed by atoms with E-state index < -0.39 is 40.3 Å². The Bertz CT molecular complexity index is 594. The molecule has 0 aromatic rings. The number of carbonyl (C=O) groups is 2. The Hall–Kier alpha value is -1.27. The fourth-order valence-electron chi connectivity index (χ4n) is 3.00. The molecule has 196 valence electrons. The molecule has 0 rings (SSSR count). The summed E-state index contributed by atoms with van der Waals surface area (Å²) in [6.45, 7) is 3.88. The zero-order valence-electron chi connectivity index (χ0n) is 19.9. The quantitative estimate of drug-likeness (QED) is 0.142. The average molecular weight is 499 g/mol. The maximum atomic E-state index is 11.7. The van der Waals surface area contributed by atoms with Gasteiger partial charge in [0.05, 0.1) is 46.1 Å². The summed E-state index contributed by atoms with van der Waals surface area (Å²) < 4.78 is 44.0. The van der Waals surface area contributed by atoms with E-state index >= 15 is 0 Å². The molecule has 10 nitrogen and oxygen atoms in total. The van der Waals surface area contributed by atoms with Crippen LogP contribution >= 0.6 is 0 Å². The van der Waals surface area contributed by atoms with Crippen molar-refractivity contribution in [3.63, 3.8) is 0 Å². The fourth-order valence-corrected chi connectivity index (χ4v) is 4.05. The molecule has 2 N–H and O–H groups in total. The molecule has 0 saturated heterocycles. The second-order valence-corrected chi connectivity index (χ2v) is 9.55. The first-order valence-electron chi connectivity index (χ1n) is 11.9. The molecule has 0 aliphatic heterocycles. The lowest BCUT2D eigenvalue weighted by molar-refractivity contribution is -0.143. The third-order valence-corrected chi connectivity index (χ3v) is 6.41. The number of carboxylic acid groups (broad SMARTS) is 2. The number of hydrogen-bond acceptors (Lipinski definition) is 8. The summed E-state index contributed by atoms with van der Waals surface area (Å²) in [5.74, 6) is -3.32. The van der Waals surface area contributed by atoms with Gasteiger partial charge in [0.15, 0.2) is 5.25 Å². The highest BCUT2D eigenvalue weighted by Gasteiger charge is 2.35. The van der Waals surface area contributed by atoms with E-state index in [1.165, 1.54) is 57.8 Å². The average Bonchev–Trinajstić information content (AvgIpc) is 2.75. The van der Waals surface area contributed by atoms with Crippen LogP contribution in [0.2, 0.25) is 0 Å². The SMILES string of the molecule is CCCCCCCCCCCCOCCOCCOCCOS(=O)(=O)C(CC(=O)O)C(=O)O. The number of rotatable bonds is 25. The van der Waals surface area contributed by atoms with Crippen LogP contribution < -0.4 is 0 Å². The van der Waals surface area contributed by atoms with E-state index in [0.717, 1.165) is 13.0 Å². The molecule has 0 amide bonds. The summed E-state index contributed by atoms with van der Waals surface area (Å²) in [7, 11) is -4.55. The van der Waals surface area contributed by atoms with Gasteiger partial charge in [-0.15, -0.1) is 0 Å². The van der Waals surface area contributed by atoms with Crippen LogP contribution in [-0.2, 0) is 38.1 Å². The van der Waals surface area contributed by atoms with E-state index in [-0.39, 0.29) is 13.2 Å². The van der Waals surface area contributed by atoms with Gasteiger partial charge in [-0.05, 0) is 6.42 Å². The summed E-state index contributed by atoms with van der Waals surface area (Å²) in [6, 6.07) is 0. The van der Waals surface area contributed by atoms with Crippen LogP contribution in [0.25, 0.3) is 0 Å². The summed E-state index contributed by atoms with van der Waals surface area (Å²) in [4.78, 5) is 21.5. The van der Waals surface area contributed by atoms with E-state index in [2.05, 4.69) is 11.1 Å². The van der Waals surface area contributed by atoms with Gasteiger partial charge in [-0.3, -0.25) is 13.8 Å². The van der Waals surface area contributed by atoms with Gasteiger partial charge in [0, 0.05) is 6.61 Å². The molecule has 11 heteroatoms. The maximum absolute atomic E-state index is 11.7. The molecule has 0 radical (unpaired) electrons. The van der Waals surface area contributed by atoms with Crippen molar-refractivity contribution in [3.8, 4) is 0 Å². The van der Waals surface area contributed by atoms with Crippen LogP contribution in [0.1, 0.15) is 77.6 Å². The Morgan fingerprint density at radius 1 is 0.667 bits per heavy atom. The molecule has 0 heterocycles. The molecule has 0 aliphatic rings. The highest BCUT2D eigenvalue weighted by molar-refractivity contribution is 7.88. The molecule has 0 fully saturated rings. The highest BCUT2D eigenvalue weighted by Crippen LogP contribution is 2.11. The second-order valence-electron chi connectivity index (χ2n) is 7.76. The largest absolute Gasteiger partial charge is 0.481 e. The number of carboxylic acids is 2. The topological polar surface area (TPSA) is 146 Å². The van der Waals surface area contributed by atoms with Gasteiger partial charge in [-0.1, -0.05) is 64.7 Å². The Kier molecular flexibility index (Phi) is 20.5. The molecule has 1 atom stereocenters. The standard InChI is InChI=1S/C22H42O10S/c1-2-3-4-5-6-7-8-9-10-11-12-29-13-14-30-15-16-31-17-18-32-33(27,28)20(22(25)26)19-21(23)24/h20H,2-19H2,1H3,(H,23,24)(H,25,26). The Morgan fingerprint density at radius 2 is 1.09 bits per heavy atom. The second kappa shape index (κ2) is 21.3. The number of aliphatic carboxylic acids is 2. The lowest BCUT2D eigenvalue weighted by Crippen LogP contribution is -2.34. The van der Waals surface area contributed by atoms with Crippen molar-refractivity contribution >= 4 is 22.1 Å². The molecule has 0 bridgehead atoms. The minimum atomic E-state index is -4.55. The molecule has 0 aromatic heterocycles. The summed E-state index contributed by atoms with van der Waals surface area (Å²) in [5, 5.41) is 15.3. The predicted octanol–water partition coefficient (Wildman–Crippen LogP) is 3.23. The number of ether oxygens (including phenoxy) is 3. The van der Waals surface area contributed by atoms with Crippen molar-refractivity contribution in [2.24, 2.45) is 0 Å². The summed E-state index contributed by atoms with van der Waals surface area (Å²) in [6.07, 6.45) is 11.8. The van der Waals surface area contributed by atoms with Gasteiger partial charge in [0.1, 0.15) is 0 Å². The number of unbranched alkanes of at least 4 members (excludes halogenated alkanes) is 9. The van der Waals surface area contributed by atoms with Crippen molar-refractivity contribution in [2.75, 3.05) is 46.2 Å². The van der Waals surface area contributed by atoms with Gasteiger partial charge >= 0.3 is 11.9 Å². The van der Waals surface area contributed by atoms with E-state index in [4.69, 9.17) is 24.4 Å². The third-order valence-electron chi connectivity index (χ3n) is 4.85. The van der Waals surface area contributed by atoms with Crippen molar-refractivity contribution in [2.45, 2.75) is 82.8 Å². The summed E-state index contributed by atoms with van der Waals surface area (Å²) >= 11 is 0. The zero-order valence-corrected chi connectivity index (χ0v) is 20.7. The first kappa shape index (κ1) is 31.7. The van der Waals surface area contributed by atoms with Gasteiger partial charge in [-0.25, -0.2) is 0 Å². The van der Waals surface area contributed by atoms with Crippen LogP contribution in [0.15, 0.2) is 0 Å². The molecule has 0 spiro atoms. The van der Waals surface area contributed by atoms with Crippen LogP contribution in [0.5, 0.6) is 0 Å². The zero-order chi connectivity index (χ0) is 24.8. The molecular weight excluding hydrogens is 456 g/mol. The normalized spacial score (nSPS) is 12.6. The van der Waals surface area contributed by atoms with Gasteiger partial charge in [0.2, 0.25) is 0 Å². The lowest BCUT2D eigenvalue weighted by atomic mass is 10.1. The van der Waals surface area contributed by atoms with E-state index in [1.807, 2.05) is 0 Å². The smallest absolute Gasteiger partial charge is 0.325 e. The van der Waals surface area contributed by atoms with Crippen LogP contribution in [0, 0.1) is 0 Å². The van der Waals surface area contributed by atoms with E-state index in [0.29, 0.717) is 19.8 Å². The van der Waals surface area contributed by atoms with Crippen LogP contribution in [-0.4, -0.2) is 82.1 Å². The van der Waals surface area contributed by atoms with Gasteiger partial charge in [0.25, 0.3) is 10.1 Å². The van der Waals surface area contributed by atoms with Crippen molar-refractivity contribution in [1.82, 2.24) is 0 Å². The summed E-state index contributed by atoms with van der Waals surface area (Å²) in [5.41, 5.74) is 0. The van der Waals surface area contributed by atoms with Crippen molar-refractivity contribution in [3.05, 3.63) is 0 Å². The Balaban J connectivity index is 3.45. The minimum absolute atomic E-state index is 0.1000. The predicted molar refractivity (Wildman–Crippen MR) is 123 cm³/mol. The van der Waals surface area contributed by atoms with Crippen LogP contribution in [0.3, 0.4) is 0 Å².